The highest BCUT2D eigenvalue weighted by Crippen LogP contribution is 2.24. The van der Waals surface area contributed by atoms with Crippen molar-refractivity contribution in [3.8, 4) is 0 Å². The Morgan fingerprint density at radius 2 is 1.86 bits per heavy atom. The molecule has 1 aliphatic heterocycles. The summed E-state index contributed by atoms with van der Waals surface area (Å²) in [7, 11) is 0. The van der Waals surface area contributed by atoms with Crippen LogP contribution in [0.2, 0.25) is 0 Å². The van der Waals surface area contributed by atoms with Crippen LogP contribution in [-0.2, 0) is 0 Å². The fraction of sp³-hybridized carbons (Fsp3) is 0.588. The molecule has 3 rings (SSSR count). The molecule has 21 heavy (non-hydrogen) atoms. The van der Waals surface area contributed by atoms with Gasteiger partial charge in [0, 0.05) is 37.8 Å². The van der Waals surface area contributed by atoms with Crippen LogP contribution in [0, 0.1) is 5.82 Å². The van der Waals surface area contributed by atoms with Gasteiger partial charge in [-0.05, 0) is 25.0 Å². The van der Waals surface area contributed by atoms with Crippen LogP contribution in [0.5, 0.6) is 0 Å². The molecule has 0 bridgehead atoms. The molecule has 0 atom stereocenters. The van der Waals surface area contributed by atoms with Gasteiger partial charge in [-0.2, -0.15) is 0 Å². The average Bonchev–Trinajstić information content (AvgIpc) is 3.02. The van der Waals surface area contributed by atoms with Crippen LogP contribution in [-0.4, -0.2) is 54.3 Å². The maximum atomic E-state index is 13.2. The Bertz CT molecular complexity index is 491. The van der Waals surface area contributed by atoms with E-state index < -0.39 is 0 Å². The second-order valence-corrected chi connectivity index (χ2v) is 6.18. The van der Waals surface area contributed by atoms with Crippen molar-refractivity contribution in [2.75, 3.05) is 32.7 Å². The zero-order valence-corrected chi connectivity index (χ0v) is 12.4. The highest BCUT2D eigenvalue weighted by molar-refractivity contribution is 5.97. The zero-order chi connectivity index (χ0) is 14.7. The Kier molecular flexibility index (Phi) is 4.66. The number of piperazine rings is 1. The van der Waals surface area contributed by atoms with Gasteiger partial charge in [-0.1, -0.05) is 25.0 Å². The number of carbonyl (C=O) groups is 1. The van der Waals surface area contributed by atoms with Crippen molar-refractivity contribution < 1.29 is 9.18 Å². The van der Waals surface area contributed by atoms with Crippen molar-refractivity contribution in [2.45, 2.75) is 31.7 Å². The number of carbonyl (C=O) groups excluding carboxylic acids is 1. The molecule has 1 saturated carbocycles. The Hall–Kier alpha value is -1.26. The van der Waals surface area contributed by atoms with Gasteiger partial charge in [0.1, 0.15) is 5.82 Å². The topological polar surface area (TPSA) is 23.6 Å². The van der Waals surface area contributed by atoms with Crippen molar-refractivity contribution in [3.63, 3.8) is 0 Å². The summed E-state index contributed by atoms with van der Waals surface area (Å²) in [4.78, 5) is 17.0. The molecule has 1 aromatic carbocycles. The van der Waals surface area contributed by atoms with Gasteiger partial charge in [-0.3, -0.25) is 14.6 Å². The first-order valence-corrected chi connectivity index (χ1v) is 7.97. The van der Waals surface area contributed by atoms with Gasteiger partial charge in [-0.15, -0.1) is 0 Å². The first-order chi connectivity index (χ1) is 10.2. The molecular weight excluding hydrogens is 267 g/mol. The predicted octanol–water partition coefficient (Wildman–Crippen LogP) is 2.57. The molecule has 0 radical (unpaired) electrons. The standard InChI is InChI=1S/C17H23FN2O/c18-15-5-3-4-14(12-15)17(21)13-19-8-10-20(11-9-19)16-6-1-2-7-16/h3-5,12,16H,1-2,6-11,13H2. The van der Waals surface area contributed by atoms with E-state index in [1.54, 1.807) is 12.1 Å². The van der Waals surface area contributed by atoms with E-state index in [2.05, 4.69) is 9.80 Å². The summed E-state index contributed by atoms with van der Waals surface area (Å²) in [6.07, 6.45) is 5.40. The van der Waals surface area contributed by atoms with Gasteiger partial charge in [0.15, 0.2) is 5.78 Å². The van der Waals surface area contributed by atoms with Gasteiger partial charge in [0.25, 0.3) is 0 Å². The molecule has 0 unspecified atom stereocenters. The Labute approximate surface area is 125 Å². The second-order valence-electron chi connectivity index (χ2n) is 6.18. The van der Waals surface area contributed by atoms with Crippen LogP contribution in [0.15, 0.2) is 24.3 Å². The minimum Gasteiger partial charge on any atom is -0.298 e. The number of nitrogens with zero attached hydrogens (tertiary/aromatic N) is 2. The molecule has 1 saturated heterocycles. The second kappa shape index (κ2) is 6.67. The minimum absolute atomic E-state index is 0.0174. The normalized spacial score (nSPS) is 21.8. The summed E-state index contributed by atoms with van der Waals surface area (Å²) in [5.41, 5.74) is 0.480. The molecule has 1 aromatic rings. The van der Waals surface area contributed by atoms with Gasteiger partial charge in [0.05, 0.1) is 6.54 Å². The van der Waals surface area contributed by atoms with Crippen LogP contribution in [0.1, 0.15) is 36.0 Å². The molecule has 0 spiro atoms. The maximum absolute atomic E-state index is 13.2. The molecule has 0 amide bonds. The van der Waals surface area contributed by atoms with E-state index in [4.69, 9.17) is 0 Å². The maximum Gasteiger partial charge on any atom is 0.176 e. The van der Waals surface area contributed by atoms with Crippen LogP contribution < -0.4 is 0 Å². The van der Waals surface area contributed by atoms with Crippen LogP contribution >= 0.6 is 0 Å². The Balaban J connectivity index is 1.49. The van der Waals surface area contributed by atoms with Gasteiger partial charge < -0.3 is 0 Å². The van der Waals surface area contributed by atoms with Gasteiger partial charge in [-0.25, -0.2) is 4.39 Å². The smallest absolute Gasteiger partial charge is 0.176 e. The molecule has 0 aromatic heterocycles. The number of benzene rings is 1. The van der Waals surface area contributed by atoms with E-state index in [9.17, 15) is 9.18 Å². The number of Topliss-reactive ketones (excluding diaryl/α,β-unsaturated/α-hetero) is 1. The molecule has 2 fully saturated rings. The van der Waals surface area contributed by atoms with Crippen molar-refractivity contribution in [1.29, 1.82) is 0 Å². The van der Waals surface area contributed by atoms with E-state index >= 15 is 0 Å². The van der Waals surface area contributed by atoms with Crippen LogP contribution in [0.25, 0.3) is 0 Å². The molecule has 1 aliphatic carbocycles. The van der Waals surface area contributed by atoms with E-state index in [1.807, 2.05) is 0 Å². The SMILES string of the molecule is O=C(CN1CCN(C2CCCC2)CC1)c1cccc(F)c1. The molecule has 0 N–H and O–H groups in total. The number of hydrogen-bond donors (Lipinski definition) is 0. The Morgan fingerprint density at radius 1 is 1.14 bits per heavy atom. The summed E-state index contributed by atoms with van der Waals surface area (Å²) in [5, 5.41) is 0. The highest BCUT2D eigenvalue weighted by Gasteiger charge is 2.26. The molecule has 1 heterocycles. The van der Waals surface area contributed by atoms with E-state index in [0.717, 1.165) is 32.2 Å². The monoisotopic (exact) mass is 290 g/mol. The first-order valence-electron chi connectivity index (χ1n) is 7.97. The fourth-order valence-corrected chi connectivity index (χ4v) is 3.51. The number of rotatable bonds is 4. The molecule has 114 valence electrons. The lowest BCUT2D eigenvalue weighted by Crippen LogP contribution is -2.50. The quantitative estimate of drug-likeness (QED) is 0.796. The van der Waals surface area contributed by atoms with Gasteiger partial charge >= 0.3 is 0 Å². The third kappa shape index (κ3) is 3.69. The molecule has 3 nitrogen and oxygen atoms in total. The highest BCUT2D eigenvalue weighted by atomic mass is 19.1. The molecule has 4 heteroatoms. The summed E-state index contributed by atoms with van der Waals surface area (Å²) in [6.45, 7) is 4.40. The summed E-state index contributed by atoms with van der Waals surface area (Å²) >= 11 is 0. The largest absolute Gasteiger partial charge is 0.298 e. The van der Waals surface area contributed by atoms with Crippen molar-refractivity contribution in [2.24, 2.45) is 0 Å². The van der Waals surface area contributed by atoms with Crippen LogP contribution in [0.3, 0.4) is 0 Å². The van der Waals surface area contributed by atoms with Gasteiger partial charge in [0.2, 0.25) is 0 Å². The first kappa shape index (κ1) is 14.7. The fourth-order valence-electron chi connectivity index (χ4n) is 3.51. The van der Waals surface area contributed by atoms with E-state index in [-0.39, 0.29) is 11.6 Å². The number of ketones is 1. The lowest BCUT2D eigenvalue weighted by molar-refractivity contribution is 0.0775. The Morgan fingerprint density at radius 3 is 2.52 bits per heavy atom. The lowest BCUT2D eigenvalue weighted by Gasteiger charge is -2.37. The predicted molar refractivity (Wildman–Crippen MR) is 81.0 cm³/mol. The third-order valence-electron chi connectivity index (χ3n) is 4.76. The number of halogens is 1. The van der Waals surface area contributed by atoms with Crippen LogP contribution in [0.4, 0.5) is 4.39 Å². The van der Waals surface area contributed by atoms with Crippen molar-refractivity contribution >= 4 is 5.78 Å². The summed E-state index contributed by atoms with van der Waals surface area (Å²) < 4.78 is 13.2. The molecule has 2 aliphatic rings. The summed E-state index contributed by atoms with van der Waals surface area (Å²) in [5.74, 6) is -0.323. The van der Waals surface area contributed by atoms with E-state index in [0.29, 0.717) is 12.1 Å². The van der Waals surface area contributed by atoms with E-state index in [1.165, 1.54) is 37.8 Å². The average molecular weight is 290 g/mol. The zero-order valence-electron chi connectivity index (χ0n) is 12.4. The molecular formula is C17H23FN2O. The van der Waals surface area contributed by atoms with Crippen molar-refractivity contribution in [1.82, 2.24) is 9.80 Å². The lowest BCUT2D eigenvalue weighted by atomic mass is 10.1. The minimum atomic E-state index is -0.341. The third-order valence-corrected chi connectivity index (χ3v) is 4.76. The number of hydrogen-bond acceptors (Lipinski definition) is 3. The summed E-state index contributed by atoms with van der Waals surface area (Å²) in [6, 6.07) is 6.76. The van der Waals surface area contributed by atoms with Crippen molar-refractivity contribution in [3.05, 3.63) is 35.6 Å².